The first-order valence-electron chi connectivity index (χ1n) is 7.16. The molecule has 0 bridgehead atoms. The molecule has 0 aliphatic carbocycles. The first-order chi connectivity index (χ1) is 10.9. The summed E-state index contributed by atoms with van der Waals surface area (Å²) in [7, 11) is 1.49. The summed E-state index contributed by atoms with van der Waals surface area (Å²) in [5.74, 6) is -0.962. The van der Waals surface area contributed by atoms with Crippen molar-refractivity contribution in [1.82, 2.24) is 10.6 Å². The summed E-state index contributed by atoms with van der Waals surface area (Å²) in [5.41, 5.74) is 2.61. The molecule has 0 fully saturated rings. The van der Waals surface area contributed by atoms with Gasteiger partial charge in [-0.1, -0.05) is 18.2 Å². The van der Waals surface area contributed by atoms with Crippen molar-refractivity contribution in [3.8, 4) is 0 Å². The molecule has 0 radical (unpaired) electrons. The zero-order valence-electron chi connectivity index (χ0n) is 13.2. The highest BCUT2D eigenvalue weighted by Gasteiger charge is 2.35. The minimum absolute atomic E-state index is 0.0507. The number of para-hydroxylation sites is 1. The summed E-state index contributed by atoms with van der Waals surface area (Å²) in [4.78, 5) is 23.2. The third-order valence-corrected chi connectivity index (χ3v) is 4.05. The van der Waals surface area contributed by atoms with E-state index >= 15 is 0 Å². The van der Waals surface area contributed by atoms with Crippen molar-refractivity contribution >= 4 is 11.6 Å². The van der Waals surface area contributed by atoms with Crippen molar-refractivity contribution in [2.45, 2.75) is 19.8 Å². The molecule has 0 aromatic heterocycles. The number of hydrogen-bond donors (Lipinski definition) is 3. The van der Waals surface area contributed by atoms with E-state index in [4.69, 9.17) is 0 Å². The van der Waals surface area contributed by atoms with Crippen LogP contribution in [0.3, 0.4) is 0 Å². The normalized spacial score (nSPS) is 17.8. The van der Waals surface area contributed by atoms with Crippen LogP contribution in [0, 0.1) is 10.1 Å². The molecule has 7 nitrogen and oxygen atoms in total. The molecule has 7 heteroatoms. The number of amides is 1. The smallest absolute Gasteiger partial charge is 0.273 e. The molecule has 1 atom stereocenters. The average molecular weight is 317 g/mol. The maximum atomic E-state index is 12.3. The van der Waals surface area contributed by atoms with Crippen LogP contribution in [-0.4, -0.2) is 29.6 Å². The Kier molecular flexibility index (Phi) is 4.80. The Balaban J connectivity index is 2.73. The quantitative estimate of drug-likeness (QED) is 0.577. The van der Waals surface area contributed by atoms with Crippen LogP contribution in [-0.2, 0) is 4.79 Å². The number of nitrogens with zero attached hydrogens (tertiary/aromatic N) is 1. The number of aliphatic hydroxyl groups excluding tert-OH is 1. The second kappa shape index (κ2) is 6.62. The Bertz CT molecular complexity index is 722. The topological polar surface area (TPSA) is 104 Å². The Morgan fingerprint density at radius 1 is 1.39 bits per heavy atom. The first-order valence-corrected chi connectivity index (χ1v) is 7.16. The van der Waals surface area contributed by atoms with Gasteiger partial charge in [0.15, 0.2) is 0 Å². The number of nitro benzene ring substituents is 1. The van der Waals surface area contributed by atoms with Gasteiger partial charge >= 0.3 is 0 Å². The molecule has 23 heavy (non-hydrogen) atoms. The van der Waals surface area contributed by atoms with Crippen LogP contribution >= 0.6 is 0 Å². The molecule has 3 N–H and O–H groups in total. The second-order valence-electron chi connectivity index (χ2n) is 5.31. The fourth-order valence-corrected chi connectivity index (χ4v) is 2.81. The van der Waals surface area contributed by atoms with Gasteiger partial charge in [-0.3, -0.25) is 14.9 Å². The third kappa shape index (κ3) is 2.95. The number of nitro groups is 1. The number of allylic oxidation sites excluding steroid dienone is 2. The van der Waals surface area contributed by atoms with Crippen LogP contribution in [0.4, 0.5) is 5.69 Å². The zero-order chi connectivity index (χ0) is 17.1. The van der Waals surface area contributed by atoms with E-state index in [-0.39, 0.29) is 18.2 Å². The lowest BCUT2D eigenvalue weighted by atomic mass is 9.80. The largest absolute Gasteiger partial charge is 0.390 e. The standard InChI is InChI=1S/C16H19N3O4/c1-9-10(2)18-12(8-20)15(16(21)17-3)14(9)11-6-4-5-7-13(11)19(22)23/h4-7,14,18,20H,8H2,1-3H3,(H,17,21). The molecule has 1 aromatic carbocycles. The van der Waals surface area contributed by atoms with Gasteiger partial charge in [-0.2, -0.15) is 0 Å². The lowest BCUT2D eigenvalue weighted by Crippen LogP contribution is -2.34. The van der Waals surface area contributed by atoms with Crippen molar-refractivity contribution < 1.29 is 14.8 Å². The monoisotopic (exact) mass is 317 g/mol. The van der Waals surface area contributed by atoms with Gasteiger partial charge < -0.3 is 15.7 Å². The third-order valence-electron chi connectivity index (χ3n) is 4.05. The van der Waals surface area contributed by atoms with E-state index in [0.717, 1.165) is 11.3 Å². The number of rotatable bonds is 4. The number of aliphatic hydroxyl groups is 1. The molecule has 1 aromatic rings. The van der Waals surface area contributed by atoms with Crippen molar-refractivity contribution in [1.29, 1.82) is 0 Å². The highest BCUT2D eigenvalue weighted by Crippen LogP contribution is 2.41. The molecule has 1 amide bonds. The summed E-state index contributed by atoms with van der Waals surface area (Å²) in [6.07, 6.45) is 0. The molecule has 122 valence electrons. The predicted molar refractivity (Wildman–Crippen MR) is 85.5 cm³/mol. The number of carbonyl (C=O) groups is 1. The predicted octanol–water partition coefficient (Wildman–Crippen LogP) is 1.57. The van der Waals surface area contributed by atoms with Gasteiger partial charge in [0, 0.05) is 30.3 Å². The summed E-state index contributed by atoms with van der Waals surface area (Å²) >= 11 is 0. The van der Waals surface area contributed by atoms with E-state index in [0.29, 0.717) is 16.8 Å². The maximum Gasteiger partial charge on any atom is 0.273 e. The molecule has 1 unspecified atom stereocenters. The SMILES string of the molecule is CNC(=O)C1=C(CO)NC(C)=C(C)C1c1ccccc1[N+](=O)[O-]. The van der Waals surface area contributed by atoms with Gasteiger partial charge in [0.1, 0.15) is 0 Å². The molecule has 0 saturated heterocycles. The number of carbonyl (C=O) groups excluding carboxylic acids is 1. The maximum absolute atomic E-state index is 12.3. The summed E-state index contributed by atoms with van der Waals surface area (Å²) in [6, 6.07) is 6.35. The fourth-order valence-electron chi connectivity index (χ4n) is 2.81. The minimum Gasteiger partial charge on any atom is -0.390 e. The summed E-state index contributed by atoms with van der Waals surface area (Å²) in [6.45, 7) is 3.28. The van der Waals surface area contributed by atoms with E-state index in [1.54, 1.807) is 18.2 Å². The molecule has 0 saturated carbocycles. The van der Waals surface area contributed by atoms with Crippen LogP contribution in [0.1, 0.15) is 25.3 Å². The summed E-state index contributed by atoms with van der Waals surface area (Å²) in [5, 5.41) is 26.5. The number of likely N-dealkylation sites (N-methyl/N-ethyl adjacent to an activating group) is 1. The molecule has 1 aliphatic heterocycles. The van der Waals surface area contributed by atoms with Crippen molar-refractivity contribution in [2.24, 2.45) is 0 Å². The van der Waals surface area contributed by atoms with E-state index in [1.807, 2.05) is 13.8 Å². The number of nitrogens with one attached hydrogen (secondary N) is 2. The van der Waals surface area contributed by atoms with Crippen LogP contribution in [0.5, 0.6) is 0 Å². The highest BCUT2D eigenvalue weighted by molar-refractivity contribution is 5.97. The van der Waals surface area contributed by atoms with Gasteiger partial charge in [0.05, 0.1) is 22.8 Å². The Morgan fingerprint density at radius 2 is 2.04 bits per heavy atom. The van der Waals surface area contributed by atoms with Gasteiger partial charge in [0.2, 0.25) is 5.91 Å². The fraction of sp³-hybridized carbons (Fsp3) is 0.312. The van der Waals surface area contributed by atoms with Crippen molar-refractivity contribution in [3.05, 3.63) is 62.5 Å². The average Bonchev–Trinajstić information content (AvgIpc) is 2.55. The van der Waals surface area contributed by atoms with Gasteiger partial charge in [-0.25, -0.2) is 0 Å². The molecule has 0 spiro atoms. The van der Waals surface area contributed by atoms with E-state index in [9.17, 15) is 20.0 Å². The van der Waals surface area contributed by atoms with Crippen molar-refractivity contribution in [2.75, 3.05) is 13.7 Å². The zero-order valence-corrected chi connectivity index (χ0v) is 13.2. The van der Waals surface area contributed by atoms with E-state index in [1.165, 1.54) is 13.1 Å². The van der Waals surface area contributed by atoms with Crippen molar-refractivity contribution in [3.63, 3.8) is 0 Å². The lowest BCUT2D eigenvalue weighted by molar-refractivity contribution is -0.385. The van der Waals surface area contributed by atoms with Crippen LogP contribution in [0.15, 0.2) is 46.8 Å². The Morgan fingerprint density at radius 3 is 2.61 bits per heavy atom. The molecule has 2 rings (SSSR count). The first kappa shape index (κ1) is 16.7. The lowest BCUT2D eigenvalue weighted by Gasteiger charge is -2.30. The molecular formula is C16H19N3O4. The van der Waals surface area contributed by atoms with Gasteiger partial charge in [-0.15, -0.1) is 0 Å². The van der Waals surface area contributed by atoms with Crippen LogP contribution in [0.25, 0.3) is 0 Å². The number of benzene rings is 1. The number of hydrogen-bond acceptors (Lipinski definition) is 5. The van der Waals surface area contributed by atoms with Gasteiger partial charge in [0.25, 0.3) is 5.69 Å². The molecule has 1 aliphatic rings. The second-order valence-corrected chi connectivity index (χ2v) is 5.31. The Hall–Kier alpha value is -2.67. The Labute approximate surface area is 133 Å². The summed E-state index contributed by atoms with van der Waals surface area (Å²) < 4.78 is 0. The molecular weight excluding hydrogens is 298 g/mol. The van der Waals surface area contributed by atoms with Crippen LogP contribution in [0.2, 0.25) is 0 Å². The minimum atomic E-state index is -0.583. The number of dihydropyridines is 1. The van der Waals surface area contributed by atoms with Gasteiger partial charge in [-0.05, 0) is 19.4 Å². The van der Waals surface area contributed by atoms with E-state index < -0.39 is 10.8 Å². The highest BCUT2D eigenvalue weighted by atomic mass is 16.6. The van der Waals surface area contributed by atoms with Crippen LogP contribution < -0.4 is 10.6 Å². The molecule has 1 heterocycles. The van der Waals surface area contributed by atoms with E-state index in [2.05, 4.69) is 10.6 Å².